The van der Waals surface area contributed by atoms with Crippen molar-refractivity contribution in [3.05, 3.63) is 40.7 Å². The van der Waals surface area contributed by atoms with Gasteiger partial charge in [0.25, 0.3) is 5.91 Å². The Labute approximate surface area is 195 Å². The highest BCUT2D eigenvalue weighted by Gasteiger charge is 2.36. The topological polar surface area (TPSA) is 83.7 Å². The number of H-pyrrole nitrogens is 1. The molecule has 1 aromatic rings. The van der Waals surface area contributed by atoms with Gasteiger partial charge in [-0.3, -0.25) is 4.79 Å². The fourth-order valence-corrected chi connectivity index (χ4v) is 3.98. The molecular formula is C24H34ClN3O4. The SMILES string of the molecule is C=CC(C)(C)OC(=O)NCCOC(CC)C(=O)N(CC1=Cc2[nH]cc(Cl)c2CC1)C1CC1. The van der Waals surface area contributed by atoms with Crippen LogP contribution in [0.15, 0.2) is 24.4 Å². The third-order valence-corrected chi connectivity index (χ3v) is 6.18. The molecule has 2 amide bonds. The molecule has 1 fully saturated rings. The molecule has 1 aromatic heterocycles. The van der Waals surface area contributed by atoms with Crippen molar-refractivity contribution in [2.45, 2.75) is 70.6 Å². The van der Waals surface area contributed by atoms with E-state index in [4.69, 9.17) is 21.1 Å². The number of hydrogen-bond donors (Lipinski definition) is 2. The van der Waals surface area contributed by atoms with Crippen LogP contribution in [-0.4, -0.2) is 59.3 Å². The third-order valence-electron chi connectivity index (χ3n) is 5.84. The molecule has 0 aliphatic heterocycles. The number of fused-ring (bicyclic) bond motifs is 1. The number of hydrogen-bond acceptors (Lipinski definition) is 4. The van der Waals surface area contributed by atoms with Gasteiger partial charge in [0, 0.05) is 31.0 Å². The van der Waals surface area contributed by atoms with Gasteiger partial charge in [0.2, 0.25) is 0 Å². The summed E-state index contributed by atoms with van der Waals surface area (Å²) in [5.74, 6) is 0.0154. The maximum Gasteiger partial charge on any atom is 0.408 e. The number of amides is 2. The van der Waals surface area contributed by atoms with Crippen LogP contribution in [0.1, 0.15) is 57.7 Å². The van der Waals surface area contributed by atoms with E-state index in [1.165, 1.54) is 5.57 Å². The summed E-state index contributed by atoms with van der Waals surface area (Å²) in [5.41, 5.74) is 2.68. The molecule has 1 unspecified atom stereocenters. The molecule has 8 heteroatoms. The maximum absolute atomic E-state index is 13.3. The van der Waals surface area contributed by atoms with Gasteiger partial charge in [0.1, 0.15) is 11.7 Å². The molecule has 0 saturated heterocycles. The molecule has 32 heavy (non-hydrogen) atoms. The number of carbonyl (C=O) groups is 2. The number of alkyl carbamates (subject to hydrolysis) is 1. The lowest BCUT2D eigenvalue weighted by atomic mass is 9.97. The van der Waals surface area contributed by atoms with Gasteiger partial charge in [-0.25, -0.2) is 4.79 Å². The second-order valence-corrected chi connectivity index (χ2v) is 9.33. The molecule has 1 atom stereocenters. The lowest BCUT2D eigenvalue weighted by molar-refractivity contribution is -0.144. The number of nitrogens with one attached hydrogen (secondary N) is 2. The Bertz CT molecular complexity index is 873. The number of rotatable bonds is 11. The number of aromatic nitrogens is 1. The van der Waals surface area contributed by atoms with E-state index in [1.54, 1.807) is 19.9 Å². The minimum atomic E-state index is -0.738. The highest BCUT2D eigenvalue weighted by Crippen LogP contribution is 2.33. The van der Waals surface area contributed by atoms with Crippen LogP contribution < -0.4 is 5.32 Å². The summed E-state index contributed by atoms with van der Waals surface area (Å²) in [4.78, 5) is 30.3. The third kappa shape index (κ3) is 6.39. The average molecular weight is 464 g/mol. The Morgan fingerprint density at radius 1 is 1.41 bits per heavy atom. The quantitative estimate of drug-likeness (QED) is 0.374. The zero-order valence-corrected chi connectivity index (χ0v) is 20.0. The molecule has 0 spiro atoms. The molecule has 1 heterocycles. The minimum absolute atomic E-state index is 0.0154. The summed E-state index contributed by atoms with van der Waals surface area (Å²) >= 11 is 6.22. The molecular weight excluding hydrogens is 430 g/mol. The number of aromatic amines is 1. The molecule has 1 saturated carbocycles. The molecule has 2 aliphatic rings. The fourth-order valence-electron chi connectivity index (χ4n) is 3.73. The van der Waals surface area contributed by atoms with E-state index in [9.17, 15) is 9.59 Å². The van der Waals surface area contributed by atoms with E-state index in [2.05, 4.69) is 23.0 Å². The van der Waals surface area contributed by atoms with Crippen LogP contribution in [0, 0.1) is 0 Å². The van der Waals surface area contributed by atoms with Crippen molar-refractivity contribution in [1.29, 1.82) is 0 Å². The van der Waals surface area contributed by atoms with Crippen LogP contribution in [0.3, 0.4) is 0 Å². The molecule has 0 aromatic carbocycles. The number of ether oxygens (including phenoxy) is 2. The molecule has 176 valence electrons. The number of nitrogens with zero attached hydrogens (tertiary/aromatic N) is 1. The summed E-state index contributed by atoms with van der Waals surface area (Å²) < 4.78 is 11.1. The van der Waals surface area contributed by atoms with Crippen LogP contribution >= 0.6 is 11.6 Å². The van der Waals surface area contributed by atoms with E-state index in [0.717, 1.165) is 42.0 Å². The van der Waals surface area contributed by atoms with Crippen LogP contribution in [-0.2, 0) is 20.7 Å². The second kappa shape index (κ2) is 10.6. The minimum Gasteiger partial charge on any atom is -0.439 e. The van der Waals surface area contributed by atoms with Gasteiger partial charge in [0.05, 0.1) is 11.6 Å². The van der Waals surface area contributed by atoms with Crippen molar-refractivity contribution < 1.29 is 19.1 Å². The second-order valence-electron chi connectivity index (χ2n) is 8.92. The van der Waals surface area contributed by atoms with Crippen molar-refractivity contribution in [3.63, 3.8) is 0 Å². The van der Waals surface area contributed by atoms with Gasteiger partial charge in [-0.05, 0) is 69.2 Å². The Balaban J connectivity index is 1.52. The van der Waals surface area contributed by atoms with Gasteiger partial charge in [0.15, 0.2) is 0 Å². The Kier molecular flexibility index (Phi) is 8.06. The van der Waals surface area contributed by atoms with E-state index in [-0.39, 0.29) is 25.1 Å². The summed E-state index contributed by atoms with van der Waals surface area (Å²) in [7, 11) is 0. The Morgan fingerprint density at radius 3 is 2.81 bits per heavy atom. The van der Waals surface area contributed by atoms with E-state index >= 15 is 0 Å². The van der Waals surface area contributed by atoms with E-state index < -0.39 is 17.8 Å². The summed E-state index contributed by atoms with van der Waals surface area (Å²) in [6.45, 7) is 10.2. The molecule has 2 N–H and O–H groups in total. The Morgan fingerprint density at radius 2 is 2.16 bits per heavy atom. The first-order chi connectivity index (χ1) is 15.2. The monoisotopic (exact) mass is 463 g/mol. The van der Waals surface area contributed by atoms with E-state index in [1.807, 2.05) is 18.0 Å². The van der Waals surface area contributed by atoms with Crippen LogP contribution in [0.5, 0.6) is 0 Å². The molecule has 0 radical (unpaired) electrons. The molecule has 2 aliphatic carbocycles. The van der Waals surface area contributed by atoms with Crippen LogP contribution in [0.4, 0.5) is 4.79 Å². The van der Waals surface area contributed by atoms with Gasteiger partial charge in [-0.15, -0.1) is 0 Å². The lowest BCUT2D eigenvalue weighted by Crippen LogP contribution is -2.43. The smallest absolute Gasteiger partial charge is 0.408 e. The normalized spacial score (nSPS) is 16.6. The summed E-state index contributed by atoms with van der Waals surface area (Å²) in [6.07, 6.45) is 8.85. The molecule has 0 bridgehead atoms. The zero-order chi connectivity index (χ0) is 23.3. The van der Waals surface area contributed by atoms with Gasteiger partial charge < -0.3 is 24.7 Å². The fraction of sp³-hybridized carbons (Fsp3) is 0.583. The van der Waals surface area contributed by atoms with Crippen LogP contribution in [0.2, 0.25) is 5.02 Å². The first-order valence-electron chi connectivity index (χ1n) is 11.3. The summed E-state index contributed by atoms with van der Waals surface area (Å²) in [6, 6.07) is 0.281. The van der Waals surface area contributed by atoms with Crippen molar-refractivity contribution in [2.24, 2.45) is 0 Å². The van der Waals surface area contributed by atoms with Gasteiger partial charge in [-0.2, -0.15) is 0 Å². The van der Waals surface area contributed by atoms with Gasteiger partial charge in [-0.1, -0.05) is 25.1 Å². The molecule has 7 nitrogen and oxygen atoms in total. The number of carbonyl (C=O) groups excluding carboxylic acids is 2. The van der Waals surface area contributed by atoms with Crippen LogP contribution in [0.25, 0.3) is 6.08 Å². The summed E-state index contributed by atoms with van der Waals surface area (Å²) in [5, 5.41) is 3.42. The van der Waals surface area contributed by atoms with Crippen molar-refractivity contribution in [3.8, 4) is 0 Å². The highest BCUT2D eigenvalue weighted by atomic mass is 35.5. The first-order valence-corrected chi connectivity index (χ1v) is 11.7. The maximum atomic E-state index is 13.3. The number of halogens is 1. The zero-order valence-electron chi connectivity index (χ0n) is 19.2. The standard InChI is InChI=1S/C24H34ClN3O4/c1-5-21(31-12-11-26-23(30)32-24(3,4)6-2)22(29)28(17-8-9-17)15-16-7-10-18-19(25)14-27-20(18)13-16/h6,13-14,17,21,27H,2,5,7-12,15H2,1,3-4H3,(H,26,30). The largest absolute Gasteiger partial charge is 0.439 e. The average Bonchev–Trinajstić information content (AvgIpc) is 3.54. The van der Waals surface area contributed by atoms with Crippen molar-refractivity contribution in [2.75, 3.05) is 19.7 Å². The first kappa shape index (κ1) is 24.4. The molecule has 3 rings (SSSR count). The predicted octanol–water partition coefficient (Wildman–Crippen LogP) is 4.47. The van der Waals surface area contributed by atoms with Crippen molar-refractivity contribution in [1.82, 2.24) is 15.2 Å². The van der Waals surface area contributed by atoms with E-state index in [0.29, 0.717) is 13.0 Å². The predicted molar refractivity (Wildman–Crippen MR) is 126 cm³/mol. The highest BCUT2D eigenvalue weighted by molar-refractivity contribution is 6.31. The van der Waals surface area contributed by atoms with Gasteiger partial charge >= 0.3 is 6.09 Å². The van der Waals surface area contributed by atoms with Crippen molar-refractivity contribution >= 4 is 29.7 Å². The lowest BCUT2D eigenvalue weighted by Gasteiger charge is -2.29. The Hall–Kier alpha value is -2.25.